The minimum Gasteiger partial charge on any atom is -0.349 e. The first-order valence-electron chi connectivity index (χ1n) is 9.28. The molecular weight excluding hydrogens is 331 g/mol. The molecule has 0 bridgehead atoms. The number of hydrogen-bond acceptors (Lipinski definition) is 3. The zero-order valence-electron chi connectivity index (χ0n) is 15.1. The van der Waals surface area contributed by atoms with E-state index in [0.717, 1.165) is 44.3 Å². The van der Waals surface area contributed by atoms with Crippen LogP contribution in [-0.2, 0) is 13.6 Å². The van der Waals surface area contributed by atoms with Gasteiger partial charge < -0.3 is 5.32 Å². The Bertz CT molecular complexity index is 787. The molecule has 1 saturated carbocycles. The number of aromatic nitrogens is 2. The molecule has 4 rings (SSSR count). The minimum atomic E-state index is -0.116. The van der Waals surface area contributed by atoms with Crippen LogP contribution in [0.3, 0.4) is 0 Å². The lowest BCUT2D eigenvalue weighted by molar-refractivity contribution is 0.00444. The number of rotatable bonds is 4. The monoisotopic (exact) mass is 356 g/mol. The lowest BCUT2D eigenvalue weighted by atomic mass is 9.60. The van der Waals surface area contributed by atoms with Gasteiger partial charge >= 0.3 is 0 Å². The van der Waals surface area contributed by atoms with Crippen LogP contribution in [0.25, 0.3) is 0 Å². The number of nitrogens with zero attached hydrogens (tertiary/aromatic N) is 3. The SMILES string of the molecule is Cn1cc(C(=O)NC2CC3(CCN(Cc4ccccc4F)CC3)C2)cn1. The first-order valence-corrected chi connectivity index (χ1v) is 9.28. The zero-order valence-corrected chi connectivity index (χ0v) is 15.1. The van der Waals surface area contributed by atoms with Crippen molar-refractivity contribution < 1.29 is 9.18 Å². The molecule has 2 aliphatic rings. The quantitative estimate of drug-likeness (QED) is 0.916. The van der Waals surface area contributed by atoms with Crippen molar-refractivity contribution in [1.82, 2.24) is 20.0 Å². The van der Waals surface area contributed by atoms with E-state index in [4.69, 9.17) is 0 Å². The van der Waals surface area contributed by atoms with Gasteiger partial charge in [0.05, 0.1) is 11.8 Å². The number of hydrogen-bond donors (Lipinski definition) is 1. The Morgan fingerprint density at radius 1 is 1.31 bits per heavy atom. The summed E-state index contributed by atoms with van der Waals surface area (Å²) in [5.74, 6) is -0.149. The largest absolute Gasteiger partial charge is 0.349 e. The molecule has 2 fully saturated rings. The second-order valence-electron chi connectivity index (χ2n) is 7.85. The van der Waals surface area contributed by atoms with E-state index in [-0.39, 0.29) is 17.8 Å². The second-order valence-corrected chi connectivity index (χ2v) is 7.85. The van der Waals surface area contributed by atoms with E-state index in [9.17, 15) is 9.18 Å². The topological polar surface area (TPSA) is 50.2 Å². The van der Waals surface area contributed by atoms with Gasteiger partial charge in [0, 0.05) is 31.4 Å². The maximum atomic E-state index is 13.8. The molecule has 0 unspecified atom stereocenters. The molecule has 6 heteroatoms. The fourth-order valence-corrected chi connectivity index (χ4v) is 4.36. The predicted molar refractivity (Wildman–Crippen MR) is 97.0 cm³/mol. The molecule has 1 aliphatic carbocycles. The van der Waals surface area contributed by atoms with Crippen molar-refractivity contribution in [2.75, 3.05) is 13.1 Å². The highest BCUT2D eigenvalue weighted by atomic mass is 19.1. The van der Waals surface area contributed by atoms with Gasteiger partial charge in [-0.1, -0.05) is 18.2 Å². The van der Waals surface area contributed by atoms with Crippen LogP contribution in [0.2, 0.25) is 0 Å². The van der Waals surface area contributed by atoms with Crippen LogP contribution in [0.15, 0.2) is 36.7 Å². The summed E-state index contributed by atoms with van der Waals surface area (Å²) in [5.41, 5.74) is 1.75. The fraction of sp³-hybridized carbons (Fsp3) is 0.500. The summed E-state index contributed by atoms with van der Waals surface area (Å²) in [4.78, 5) is 14.5. The highest BCUT2D eigenvalue weighted by Crippen LogP contribution is 2.49. The third-order valence-electron chi connectivity index (χ3n) is 5.93. The Morgan fingerprint density at radius 2 is 2.04 bits per heavy atom. The first kappa shape index (κ1) is 17.2. The average Bonchev–Trinajstić information content (AvgIpc) is 3.04. The van der Waals surface area contributed by atoms with Crippen LogP contribution in [0.1, 0.15) is 41.6 Å². The van der Waals surface area contributed by atoms with Gasteiger partial charge in [-0.3, -0.25) is 14.4 Å². The van der Waals surface area contributed by atoms with E-state index in [1.807, 2.05) is 19.2 Å². The third-order valence-corrected chi connectivity index (χ3v) is 5.93. The molecule has 26 heavy (non-hydrogen) atoms. The lowest BCUT2D eigenvalue weighted by Crippen LogP contribution is -2.54. The molecule has 1 aliphatic heterocycles. The first-order chi connectivity index (χ1) is 12.5. The molecular formula is C20H25FN4O. The molecule has 138 valence electrons. The molecule has 1 amide bonds. The number of likely N-dealkylation sites (tertiary alicyclic amines) is 1. The summed E-state index contributed by atoms with van der Waals surface area (Å²) >= 11 is 0. The summed E-state index contributed by atoms with van der Waals surface area (Å²) in [6, 6.07) is 7.29. The Labute approximate surface area is 153 Å². The van der Waals surface area contributed by atoms with Crippen LogP contribution in [0.4, 0.5) is 4.39 Å². The van der Waals surface area contributed by atoms with Crippen molar-refractivity contribution in [3.05, 3.63) is 53.6 Å². The van der Waals surface area contributed by atoms with Crippen molar-refractivity contribution in [3.63, 3.8) is 0 Å². The van der Waals surface area contributed by atoms with E-state index in [0.29, 0.717) is 17.5 Å². The van der Waals surface area contributed by atoms with Gasteiger partial charge in [-0.15, -0.1) is 0 Å². The minimum absolute atomic E-state index is 0.0325. The smallest absolute Gasteiger partial charge is 0.254 e. The van der Waals surface area contributed by atoms with Crippen molar-refractivity contribution in [3.8, 4) is 0 Å². The number of piperidine rings is 1. The number of amides is 1. The fourth-order valence-electron chi connectivity index (χ4n) is 4.36. The lowest BCUT2D eigenvalue weighted by Gasteiger charge is -2.52. The van der Waals surface area contributed by atoms with E-state index >= 15 is 0 Å². The maximum Gasteiger partial charge on any atom is 0.254 e. The normalized spacial score (nSPS) is 20.1. The summed E-state index contributed by atoms with van der Waals surface area (Å²) < 4.78 is 15.5. The van der Waals surface area contributed by atoms with E-state index in [1.165, 1.54) is 6.07 Å². The van der Waals surface area contributed by atoms with Gasteiger partial charge in [-0.25, -0.2) is 4.39 Å². The van der Waals surface area contributed by atoms with Gasteiger partial charge in [0.25, 0.3) is 5.91 Å². The van der Waals surface area contributed by atoms with Crippen molar-refractivity contribution in [2.45, 2.75) is 38.3 Å². The van der Waals surface area contributed by atoms with Gasteiger partial charge in [0.1, 0.15) is 5.82 Å². The summed E-state index contributed by atoms with van der Waals surface area (Å²) in [5, 5.41) is 7.17. The molecule has 2 heterocycles. The van der Waals surface area contributed by atoms with E-state index in [2.05, 4.69) is 15.3 Å². The zero-order chi connectivity index (χ0) is 18.1. The molecule has 1 saturated heterocycles. The van der Waals surface area contributed by atoms with Crippen molar-refractivity contribution in [1.29, 1.82) is 0 Å². The second kappa shape index (κ2) is 6.83. The van der Waals surface area contributed by atoms with Gasteiger partial charge in [0.15, 0.2) is 0 Å². The standard InChI is InChI=1S/C20H25FN4O/c1-24-13-16(12-22-24)19(26)23-17-10-20(11-17)6-8-25(9-7-20)14-15-4-2-3-5-18(15)21/h2-5,12-13,17H,6-11,14H2,1H3,(H,23,26). The third kappa shape index (κ3) is 3.51. The molecule has 1 aromatic heterocycles. The highest BCUT2D eigenvalue weighted by molar-refractivity contribution is 5.93. The Hall–Kier alpha value is -2.21. The molecule has 0 atom stereocenters. The number of aryl methyl sites for hydroxylation is 1. The number of carbonyl (C=O) groups excluding carboxylic acids is 1. The maximum absolute atomic E-state index is 13.8. The van der Waals surface area contributed by atoms with Crippen molar-refractivity contribution in [2.24, 2.45) is 12.5 Å². The van der Waals surface area contributed by atoms with Crippen LogP contribution in [-0.4, -0.2) is 39.7 Å². The van der Waals surface area contributed by atoms with Crippen LogP contribution < -0.4 is 5.32 Å². The molecule has 1 N–H and O–H groups in total. The summed E-state index contributed by atoms with van der Waals surface area (Å²) in [6.07, 6.45) is 7.69. The summed E-state index contributed by atoms with van der Waals surface area (Å²) in [6.45, 7) is 2.68. The van der Waals surface area contributed by atoms with E-state index < -0.39 is 0 Å². The van der Waals surface area contributed by atoms with Crippen LogP contribution >= 0.6 is 0 Å². The number of benzene rings is 1. The number of nitrogens with one attached hydrogen (secondary N) is 1. The van der Waals surface area contributed by atoms with Gasteiger partial charge in [-0.05, 0) is 50.3 Å². The Balaban J connectivity index is 1.24. The number of carbonyl (C=O) groups is 1. The average molecular weight is 356 g/mol. The number of halogens is 1. The molecule has 1 aromatic carbocycles. The Morgan fingerprint density at radius 3 is 2.69 bits per heavy atom. The molecule has 0 radical (unpaired) electrons. The summed E-state index contributed by atoms with van der Waals surface area (Å²) in [7, 11) is 1.81. The van der Waals surface area contributed by atoms with Crippen LogP contribution in [0.5, 0.6) is 0 Å². The van der Waals surface area contributed by atoms with Crippen molar-refractivity contribution >= 4 is 5.91 Å². The Kier molecular flexibility index (Phi) is 4.53. The highest BCUT2D eigenvalue weighted by Gasteiger charge is 2.46. The van der Waals surface area contributed by atoms with Crippen LogP contribution in [0, 0.1) is 11.2 Å². The predicted octanol–water partition coefficient (Wildman–Crippen LogP) is 2.73. The molecule has 1 spiro atoms. The molecule has 5 nitrogen and oxygen atoms in total. The van der Waals surface area contributed by atoms with Gasteiger partial charge in [-0.2, -0.15) is 5.10 Å². The molecule has 2 aromatic rings. The van der Waals surface area contributed by atoms with E-state index in [1.54, 1.807) is 23.1 Å². The van der Waals surface area contributed by atoms with Gasteiger partial charge in [0.2, 0.25) is 0 Å².